The Morgan fingerprint density at radius 1 is 0.325 bits per heavy atom. The maximum absolute atomic E-state index is 4.35. The van der Waals surface area contributed by atoms with E-state index in [2.05, 4.69) is 156 Å². The van der Waals surface area contributed by atoms with Gasteiger partial charge in [0, 0.05) is 23.2 Å². The normalized spacial score (nSPS) is 10.8. The number of aromatic nitrogens is 2. The molecule has 0 bridgehead atoms. The number of benzene rings is 5. The van der Waals surface area contributed by atoms with Crippen molar-refractivity contribution in [2.45, 2.75) is 0 Å². The largest absolute Gasteiger partial charge is 1.00 e. The van der Waals surface area contributed by atoms with E-state index in [1.54, 1.807) is 12.4 Å². The summed E-state index contributed by atoms with van der Waals surface area (Å²) in [6, 6.07) is 55.7. The van der Waals surface area contributed by atoms with Crippen molar-refractivity contribution in [1.29, 1.82) is 0 Å². The average Bonchev–Trinajstić information content (AvgIpc) is 3.04. The first kappa shape index (κ1) is 27.1. The van der Waals surface area contributed by atoms with Crippen LogP contribution in [0.5, 0.6) is 0 Å². The second-order valence-corrected chi connectivity index (χ2v) is 9.72. The summed E-state index contributed by atoms with van der Waals surface area (Å²) in [4.78, 5) is 8.69. The minimum absolute atomic E-state index is 0. The van der Waals surface area contributed by atoms with Crippen LogP contribution in [0.1, 0.15) is 0 Å². The molecule has 0 amide bonds. The average molecular weight is 563 g/mol. The van der Waals surface area contributed by atoms with Gasteiger partial charge in [-0.25, -0.2) is 0 Å². The van der Waals surface area contributed by atoms with Gasteiger partial charge in [-0.2, -0.15) is 21.9 Å². The molecule has 0 aliphatic heterocycles. The monoisotopic (exact) mass is 562 g/mol. The molecule has 0 aliphatic carbocycles. The molecule has 7 rings (SSSR count). The summed E-state index contributed by atoms with van der Waals surface area (Å²) in [5.41, 5.74) is 7.31. The Labute approximate surface area is 246 Å². The molecule has 0 saturated heterocycles. The van der Waals surface area contributed by atoms with E-state index in [1.807, 2.05) is 12.1 Å². The molecule has 0 aliphatic rings. The van der Waals surface area contributed by atoms with Gasteiger partial charge in [-0.1, -0.05) is 146 Å². The fraction of sp³-hybridized carbons (Fsp3) is 0. The molecule has 0 unspecified atom stereocenters. The molecule has 2 heterocycles. The summed E-state index contributed by atoms with van der Waals surface area (Å²) in [5.74, 6) is 0. The van der Waals surface area contributed by atoms with E-state index in [1.165, 1.54) is 21.9 Å². The van der Waals surface area contributed by atoms with Crippen molar-refractivity contribution in [3.8, 4) is 0 Å². The van der Waals surface area contributed by atoms with Crippen LogP contribution >= 0.6 is 0 Å². The van der Waals surface area contributed by atoms with Gasteiger partial charge in [0.1, 0.15) is 6.15 Å². The van der Waals surface area contributed by atoms with Crippen LogP contribution in [0.3, 0.4) is 0 Å². The molecular formula is C36H28BCuN2. The predicted octanol–water partition coefficient (Wildman–Crippen LogP) is 5.84. The van der Waals surface area contributed by atoms with Crippen LogP contribution in [0.15, 0.2) is 170 Å². The molecule has 0 spiro atoms. The molecule has 5 aromatic carbocycles. The number of hydrogen-bond donors (Lipinski definition) is 0. The standard InChI is InChI=1S/C24H20B.C12H8N2.Cu/c1-5-13-21(14-6-1)25(22-15-7-2-8-16-22,23-17-9-3-10-18-23)24-19-11-4-12-20-24;1-3-9-5-6-10-4-2-8-14-12(10)11(9)13-7-1;/h1-20H;1-8H;/q-1;;+1. The summed E-state index contributed by atoms with van der Waals surface area (Å²) in [6.45, 7) is 0. The molecule has 196 valence electrons. The molecule has 0 radical (unpaired) electrons. The second-order valence-electron chi connectivity index (χ2n) is 9.72. The van der Waals surface area contributed by atoms with Crippen LogP contribution in [0, 0.1) is 0 Å². The zero-order valence-corrected chi connectivity index (χ0v) is 22.9. The summed E-state index contributed by atoms with van der Waals surface area (Å²) >= 11 is 0. The molecule has 0 N–H and O–H groups in total. The fourth-order valence-electron chi connectivity index (χ4n) is 5.80. The van der Waals surface area contributed by atoms with Gasteiger partial charge in [0.2, 0.25) is 0 Å². The van der Waals surface area contributed by atoms with E-state index in [0.717, 1.165) is 21.8 Å². The third kappa shape index (κ3) is 5.20. The fourth-order valence-corrected chi connectivity index (χ4v) is 5.80. The zero-order valence-electron chi connectivity index (χ0n) is 21.9. The molecule has 0 atom stereocenters. The van der Waals surface area contributed by atoms with Gasteiger partial charge in [0.15, 0.2) is 0 Å². The molecule has 2 nitrogen and oxygen atoms in total. The Hall–Kier alpha value is -4.50. The molecule has 7 aromatic rings. The van der Waals surface area contributed by atoms with Crippen LogP contribution in [0.25, 0.3) is 21.8 Å². The van der Waals surface area contributed by atoms with E-state index in [4.69, 9.17) is 0 Å². The summed E-state index contributed by atoms with van der Waals surface area (Å²) < 4.78 is 0. The molecule has 2 aromatic heterocycles. The quantitative estimate of drug-likeness (QED) is 0.199. The van der Waals surface area contributed by atoms with Crippen molar-refractivity contribution < 1.29 is 17.1 Å². The van der Waals surface area contributed by atoms with Crippen LogP contribution in [-0.4, -0.2) is 16.1 Å². The second kappa shape index (κ2) is 12.6. The first-order chi connectivity index (χ1) is 19.4. The van der Waals surface area contributed by atoms with Gasteiger partial charge in [-0.05, 0) is 12.1 Å². The van der Waals surface area contributed by atoms with Crippen LogP contribution in [0.4, 0.5) is 0 Å². The predicted molar refractivity (Wildman–Crippen MR) is 167 cm³/mol. The zero-order chi connectivity index (χ0) is 26.3. The van der Waals surface area contributed by atoms with Crippen molar-refractivity contribution in [2.24, 2.45) is 0 Å². The topological polar surface area (TPSA) is 25.8 Å². The smallest absolute Gasteiger partial charge is 0.254 e. The van der Waals surface area contributed by atoms with Gasteiger partial charge in [0.05, 0.1) is 11.0 Å². The van der Waals surface area contributed by atoms with Crippen LogP contribution < -0.4 is 21.9 Å². The summed E-state index contributed by atoms with van der Waals surface area (Å²) in [6.07, 6.45) is 2.39. The number of rotatable bonds is 4. The van der Waals surface area contributed by atoms with Gasteiger partial charge >= 0.3 is 17.1 Å². The van der Waals surface area contributed by atoms with Gasteiger partial charge in [-0.15, -0.1) is 0 Å². The Morgan fingerprint density at radius 2 is 0.625 bits per heavy atom. The SMILES string of the molecule is [Cu+].c1ccc([B-](c2ccccc2)(c2ccccc2)c2ccccc2)cc1.c1cnc2c(c1)ccc1cccnc12. The van der Waals surface area contributed by atoms with Crippen LogP contribution in [-0.2, 0) is 17.1 Å². The first-order valence-electron chi connectivity index (χ1n) is 13.3. The summed E-state index contributed by atoms with van der Waals surface area (Å²) in [5, 5.41) is 2.28. The van der Waals surface area contributed by atoms with E-state index < -0.39 is 6.15 Å². The van der Waals surface area contributed by atoms with Gasteiger partial charge < -0.3 is 0 Å². The molecule has 0 saturated carbocycles. The van der Waals surface area contributed by atoms with E-state index >= 15 is 0 Å². The summed E-state index contributed by atoms with van der Waals surface area (Å²) in [7, 11) is 0. The van der Waals surface area contributed by atoms with Crippen molar-refractivity contribution in [1.82, 2.24) is 9.97 Å². The minimum Gasteiger partial charge on any atom is -0.254 e. The Kier molecular flexibility index (Phi) is 8.51. The molecular weight excluding hydrogens is 535 g/mol. The van der Waals surface area contributed by atoms with E-state index in [0.29, 0.717) is 0 Å². The Bertz CT molecular complexity index is 1580. The minimum atomic E-state index is -1.22. The Balaban J connectivity index is 0.000000182. The molecule has 40 heavy (non-hydrogen) atoms. The Morgan fingerprint density at radius 3 is 0.925 bits per heavy atom. The van der Waals surface area contributed by atoms with Crippen molar-refractivity contribution in [3.63, 3.8) is 0 Å². The number of fused-ring (bicyclic) bond motifs is 3. The number of pyridine rings is 2. The van der Waals surface area contributed by atoms with Crippen molar-refractivity contribution in [3.05, 3.63) is 170 Å². The van der Waals surface area contributed by atoms with Gasteiger partial charge in [0.25, 0.3) is 0 Å². The third-order valence-electron chi connectivity index (χ3n) is 7.54. The number of hydrogen-bond acceptors (Lipinski definition) is 2. The van der Waals surface area contributed by atoms with Crippen molar-refractivity contribution in [2.75, 3.05) is 0 Å². The third-order valence-corrected chi connectivity index (χ3v) is 7.54. The first-order valence-corrected chi connectivity index (χ1v) is 13.3. The molecule has 0 fully saturated rings. The van der Waals surface area contributed by atoms with Gasteiger partial charge in [-0.3, -0.25) is 9.97 Å². The van der Waals surface area contributed by atoms with Crippen molar-refractivity contribution >= 4 is 49.8 Å². The molecule has 4 heteroatoms. The maximum atomic E-state index is 4.35. The van der Waals surface area contributed by atoms with E-state index in [-0.39, 0.29) is 17.1 Å². The van der Waals surface area contributed by atoms with E-state index in [9.17, 15) is 0 Å². The van der Waals surface area contributed by atoms with Crippen LogP contribution in [0.2, 0.25) is 0 Å². The number of nitrogens with zero attached hydrogens (tertiary/aromatic N) is 2. The maximum Gasteiger partial charge on any atom is 1.00 e.